The van der Waals surface area contributed by atoms with Crippen LogP contribution in [0.5, 0.6) is 0 Å². The monoisotopic (exact) mass is 277 g/mol. The Hall–Kier alpha value is -1.86. The van der Waals surface area contributed by atoms with Crippen molar-refractivity contribution in [2.24, 2.45) is 0 Å². The number of nitro groups is 1. The lowest BCUT2D eigenvalue weighted by Crippen LogP contribution is -2.16. The van der Waals surface area contributed by atoms with Crippen LogP contribution in [0.4, 0.5) is 5.69 Å². The van der Waals surface area contributed by atoms with E-state index in [0.717, 1.165) is 4.90 Å². The third kappa shape index (κ3) is 2.22. The average molecular weight is 277 g/mol. The number of nitro benzene ring substituents is 1. The van der Waals surface area contributed by atoms with Gasteiger partial charge in [-0.1, -0.05) is 0 Å². The molecule has 7 heteroatoms. The Bertz CT molecular complexity index is 615. The third-order valence-electron chi connectivity index (χ3n) is 3.10. The van der Waals surface area contributed by atoms with Crippen LogP contribution in [-0.2, 0) is 6.54 Å². The van der Waals surface area contributed by atoms with E-state index in [9.17, 15) is 15.2 Å². The van der Waals surface area contributed by atoms with Crippen LogP contribution < -0.4 is 0 Å². The fourth-order valence-corrected chi connectivity index (χ4v) is 3.47. The van der Waals surface area contributed by atoms with Gasteiger partial charge in [0.25, 0.3) is 5.69 Å². The molecule has 0 spiro atoms. The Morgan fingerprint density at radius 2 is 2.37 bits per heavy atom. The first-order valence-corrected chi connectivity index (χ1v) is 6.62. The summed E-state index contributed by atoms with van der Waals surface area (Å²) in [5.41, 5.74) is 0.658. The molecule has 0 aliphatic carbocycles. The highest BCUT2D eigenvalue weighted by Gasteiger charge is 2.33. The van der Waals surface area contributed by atoms with Gasteiger partial charge in [0.1, 0.15) is 0 Å². The molecular weight excluding hydrogens is 266 g/mol. The number of aliphatic hydroxyl groups excluding tert-OH is 1. The Labute approximate surface area is 113 Å². The average Bonchev–Trinajstić information content (AvgIpc) is 2.99. The number of thioether (sulfide) groups is 1. The fourth-order valence-electron chi connectivity index (χ4n) is 2.16. The molecule has 0 amide bonds. The van der Waals surface area contributed by atoms with E-state index in [0.29, 0.717) is 12.1 Å². The molecule has 2 heterocycles. The van der Waals surface area contributed by atoms with Crippen molar-refractivity contribution in [1.29, 1.82) is 0 Å². The minimum Gasteiger partial charge on any atom is -0.387 e. The van der Waals surface area contributed by atoms with E-state index in [1.165, 1.54) is 12.1 Å². The standard InChI is InChI=1S/C12H11N3O3S/c16-12-9-5-8(15(17)18)1-2-10(9)19-11(12)6-14-4-3-13-7-14/h1-5,7,11-12,16H,6H2. The number of hydrogen-bond acceptors (Lipinski definition) is 5. The molecule has 0 saturated heterocycles. The van der Waals surface area contributed by atoms with Crippen molar-refractivity contribution < 1.29 is 10.0 Å². The van der Waals surface area contributed by atoms with Gasteiger partial charge in [-0.2, -0.15) is 0 Å². The largest absolute Gasteiger partial charge is 0.387 e. The number of imidazole rings is 1. The molecule has 0 radical (unpaired) electrons. The predicted octanol–water partition coefficient (Wildman–Crippen LogP) is 2.00. The lowest BCUT2D eigenvalue weighted by molar-refractivity contribution is -0.385. The third-order valence-corrected chi connectivity index (χ3v) is 4.44. The molecule has 2 aromatic rings. The van der Waals surface area contributed by atoms with Gasteiger partial charge in [0, 0.05) is 41.5 Å². The van der Waals surface area contributed by atoms with Gasteiger partial charge in [0.05, 0.1) is 22.6 Å². The van der Waals surface area contributed by atoms with Crippen molar-refractivity contribution in [3.8, 4) is 0 Å². The van der Waals surface area contributed by atoms with E-state index in [1.54, 1.807) is 30.4 Å². The Morgan fingerprint density at radius 1 is 1.53 bits per heavy atom. The second kappa shape index (κ2) is 4.67. The van der Waals surface area contributed by atoms with Gasteiger partial charge in [-0.15, -0.1) is 11.8 Å². The van der Waals surface area contributed by atoms with Gasteiger partial charge < -0.3 is 9.67 Å². The lowest BCUT2D eigenvalue weighted by Gasteiger charge is -2.14. The van der Waals surface area contributed by atoms with Crippen molar-refractivity contribution in [1.82, 2.24) is 9.55 Å². The van der Waals surface area contributed by atoms with Gasteiger partial charge in [-0.25, -0.2) is 4.98 Å². The lowest BCUT2D eigenvalue weighted by atomic mass is 10.1. The molecule has 1 aliphatic rings. The van der Waals surface area contributed by atoms with Crippen molar-refractivity contribution in [3.05, 3.63) is 52.6 Å². The summed E-state index contributed by atoms with van der Waals surface area (Å²) >= 11 is 1.54. The van der Waals surface area contributed by atoms with Crippen molar-refractivity contribution in [3.63, 3.8) is 0 Å². The summed E-state index contributed by atoms with van der Waals surface area (Å²) in [4.78, 5) is 15.2. The minimum absolute atomic E-state index is 0.0154. The Kier molecular flexibility index (Phi) is 3.00. The number of rotatable bonds is 3. The first kappa shape index (κ1) is 12.2. The summed E-state index contributed by atoms with van der Waals surface area (Å²) < 4.78 is 1.89. The second-order valence-corrected chi connectivity index (χ2v) is 5.62. The van der Waals surface area contributed by atoms with Crippen molar-refractivity contribution in [2.45, 2.75) is 22.8 Å². The summed E-state index contributed by atoms with van der Waals surface area (Å²) in [6.07, 6.45) is 4.52. The van der Waals surface area contributed by atoms with E-state index < -0.39 is 11.0 Å². The van der Waals surface area contributed by atoms with Gasteiger partial charge in [-0.3, -0.25) is 10.1 Å². The maximum Gasteiger partial charge on any atom is 0.269 e. The van der Waals surface area contributed by atoms with E-state index in [2.05, 4.69) is 4.98 Å². The van der Waals surface area contributed by atoms with Gasteiger partial charge >= 0.3 is 0 Å². The van der Waals surface area contributed by atoms with Gasteiger partial charge in [0.15, 0.2) is 0 Å². The van der Waals surface area contributed by atoms with Crippen LogP contribution in [-0.4, -0.2) is 24.8 Å². The summed E-state index contributed by atoms with van der Waals surface area (Å²) in [7, 11) is 0. The van der Waals surface area contributed by atoms with E-state index in [-0.39, 0.29) is 10.9 Å². The number of nitrogens with zero attached hydrogens (tertiary/aromatic N) is 3. The highest BCUT2D eigenvalue weighted by molar-refractivity contribution is 8.00. The van der Waals surface area contributed by atoms with Crippen LogP contribution in [0.1, 0.15) is 11.7 Å². The summed E-state index contributed by atoms with van der Waals surface area (Å²) in [6.45, 7) is 0.619. The first-order valence-electron chi connectivity index (χ1n) is 5.74. The van der Waals surface area contributed by atoms with E-state index in [4.69, 9.17) is 0 Å². The topological polar surface area (TPSA) is 81.2 Å². The molecule has 19 heavy (non-hydrogen) atoms. The molecule has 1 aromatic heterocycles. The maximum absolute atomic E-state index is 10.8. The van der Waals surface area contributed by atoms with Crippen LogP contribution in [0.2, 0.25) is 0 Å². The molecule has 0 fully saturated rings. The van der Waals surface area contributed by atoms with Gasteiger partial charge in [-0.05, 0) is 6.07 Å². The smallest absolute Gasteiger partial charge is 0.269 e. The number of hydrogen-bond donors (Lipinski definition) is 1. The number of fused-ring (bicyclic) bond motifs is 1. The van der Waals surface area contributed by atoms with Crippen LogP contribution in [0.15, 0.2) is 41.8 Å². The predicted molar refractivity (Wildman–Crippen MR) is 69.9 cm³/mol. The van der Waals surface area contributed by atoms with Crippen molar-refractivity contribution >= 4 is 17.4 Å². The summed E-state index contributed by atoms with van der Waals surface area (Å²) in [5, 5.41) is 21.0. The number of benzene rings is 1. The molecule has 0 bridgehead atoms. The maximum atomic E-state index is 10.8. The fraction of sp³-hybridized carbons (Fsp3) is 0.250. The molecule has 2 unspecified atom stereocenters. The zero-order chi connectivity index (χ0) is 13.4. The zero-order valence-corrected chi connectivity index (χ0v) is 10.7. The molecular formula is C12H11N3O3S. The van der Waals surface area contributed by atoms with Crippen LogP contribution in [0.3, 0.4) is 0 Å². The van der Waals surface area contributed by atoms with Crippen LogP contribution in [0.25, 0.3) is 0 Å². The van der Waals surface area contributed by atoms with E-state index in [1.807, 2.05) is 10.8 Å². The number of aliphatic hydroxyl groups is 1. The van der Waals surface area contributed by atoms with Gasteiger partial charge in [0.2, 0.25) is 0 Å². The molecule has 3 rings (SSSR count). The Morgan fingerprint density at radius 3 is 3.05 bits per heavy atom. The quantitative estimate of drug-likeness (QED) is 0.685. The van der Waals surface area contributed by atoms with E-state index >= 15 is 0 Å². The number of aromatic nitrogens is 2. The van der Waals surface area contributed by atoms with Crippen molar-refractivity contribution in [2.75, 3.05) is 0 Å². The van der Waals surface area contributed by atoms with Crippen LogP contribution >= 0.6 is 11.8 Å². The Balaban J connectivity index is 1.85. The molecule has 6 nitrogen and oxygen atoms in total. The molecule has 0 saturated carbocycles. The molecule has 98 valence electrons. The second-order valence-electron chi connectivity index (χ2n) is 4.34. The zero-order valence-electron chi connectivity index (χ0n) is 9.84. The highest BCUT2D eigenvalue weighted by Crippen LogP contribution is 2.45. The summed E-state index contributed by atoms with van der Waals surface area (Å²) in [5.74, 6) is 0. The first-order chi connectivity index (χ1) is 9.15. The molecule has 1 aromatic carbocycles. The SMILES string of the molecule is O=[N+]([O-])c1ccc2c(c1)C(O)C(Cn1ccnc1)S2. The molecule has 1 aliphatic heterocycles. The number of non-ortho nitro benzene ring substituents is 1. The highest BCUT2D eigenvalue weighted by atomic mass is 32.2. The minimum atomic E-state index is -0.692. The van der Waals surface area contributed by atoms with Crippen LogP contribution in [0, 0.1) is 10.1 Å². The molecule has 2 atom stereocenters. The summed E-state index contributed by atoms with van der Waals surface area (Å²) in [6, 6.07) is 4.63. The molecule has 1 N–H and O–H groups in total. The normalized spacial score (nSPS) is 21.3.